The van der Waals surface area contributed by atoms with Gasteiger partial charge in [-0.05, 0) is 82.3 Å². The molecule has 3 heterocycles. The molecule has 0 unspecified atom stereocenters. The van der Waals surface area contributed by atoms with Gasteiger partial charge in [-0.1, -0.05) is 48.7 Å². The number of nitrogens with zero attached hydrogens (tertiary/aromatic N) is 2. The lowest BCUT2D eigenvalue weighted by atomic mass is 10.0. The maximum atomic E-state index is 14.4. The Morgan fingerprint density at radius 3 is 2.55 bits per heavy atom. The summed E-state index contributed by atoms with van der Waals surface area (Å²) in [5.74, 6) is -2.18. The summed E-state index contributed by atoms with van der Waals surface area (Å²) in [4.78, 5) is 76.8. The highest BCUT2D eigenvalue weighted by atomic mass is 35.5. The van der Waals surface area contributed by atoms with Crippen LogP contribution in [-0.4, -0.2) is 75.6 Å². The van der Waals surface area contributed by atoms with Gasteiger partial charge in [-0.15, -0.1) is 0 Å². The number of ether oxygens (including phenoxy) is 2. The Balaban J connectivity index is 1.23. The summed E-state index contributed by atoms with van der Waals surface area (Å²) in [6.07, 6.45) is 4.87. The quantitative estimate of drug-likeness (QED) is 0.275. The van der Waals surface area contributed by atoms with Crippen LogP contribution in [0.3, 0.4) is 0 Å². The molecule has 13 nitrogen and oxygen atoms in total. The van der Waals surface area contributed by atoms with Crippen molar-refractivity contribution in [3.05, 3.63) is 76.6 Å². The normalized spacial score (nSPS) is 26.4. The SMILES string of the molecule is CC(C)(C)OC(=O)N[C@H]1CCCCC/C=C\[C@H]2C[C@@]2(C(=O)NOc2ccc(Cl)cc2)NC(=O)[C@@H]2C[C@@H](OC(=O)N3Cc4cccc(F)c4C3)CN2C1=O. The second-order valence-corrected chi connectivity index (χ2v) is 15.4. The number of halogens is 2. The Morgan fingerprint density at radius 1 is 1.04 bits per heavy atom. The van der Waals surface area contributed by atoms with E-state index in [0.717, 1.165) is 19.3 Å². The molecule has 5 amide bonds. The number of alkyl carbamates (subject to hydrolysis) is 1. The summed E-state index contributed by atoms with van der Waals surface area (Å²) in [5, 5.41) is 6.10. The molecule has 15 heteroatoms. The van der Waals surface area contributed by atoms with E-state index in [1.54, 1.807) is 57.2 Å². The Labute approximate surface area is 312 Å². The van der Waals surface area contributed by atoms with E-state index in [9.17, 15) is 28.4 Å². The maximum Gasteiger partial charge on any atom is 0.410 e. The molecule has 0 bridgehead atoms. The molecule has 6 rings (SSSR count). The molecular formula is C38H45ClFN5O8. The number of benzene rings is 2. The van der Waals surface area contributed by atoms with Crippen LogP contribution in [0.1, 0.15) is 76.8 Å². The molecule has 53 heavy (non-hydrogen) atoms. The maximum absolute atomic E-state index is 14.4. The third-order valence-electron chi connectivity index (χ3n) is 9.86. The lowest BCUT2D eigenvalue weighted by Crippen LogP contribution is -2.58. The minimum Gasteiger partial charge on any atom is -0.444 e. The largest absolute Gasteiger partial charge is 0.444 e. The minimum atomic E-state index is -1.37. The van der Waals surface area contributed by atoms with E-state index in [1.807, 2.05) is 12.2 Å². The monoisotopic (exact) mass is 753 g/mol. The van der Waals surface area contributed by atoms with Crippen LogP contribution >= 0.6 is 11.6 Å². The first-order valence-corrected chi connectivity index (χ1v) is 18.3. The highest BCUT2D eigenvalue weighted by Gasteiger charge is 2.61. The van der Waals surface area contributed by atoms with E-state index >= 15 is 0 Å². The van der Waals surface area contributed by atoms with Crippen molar-refractivity contribution in [3.63, 3.8) is 0 Å². The first-order valence-electron chi connectivity index (χ1n) is 18.0. The number of amides is 5. The number of carbonyl (C=O) groups is 5. The molecule has 1 aliphatic carbocycles. The van der Waals surface area contributed by atoms with Crippen LogP contribution in [-0.2, 0) is 36.9 Å². The zero-order valence-electron chi connectivity index (χ0n) is 30.0. The molecule has 0 aromatic heterocycles. The molecule has 2 fully saturated rings. The van der Waals surface area contributed by atoms with Gasteiger partial charge in [-0.2, -0.15) is 5.48 Å². The smallest absolute Gasteiger partial charge is 0.410 e. The Hall–Kier alpha value is -4.85. The van der Waals surface area contributed by atoms with Gasteiger partial charge in [-0.3, -0.25) is 19.3 Å². The highest BCUT2D eigenvalue weighted by molar-refractivity contribution is 6.30. The summed E-state index contributed by atoms with van der Waals surface area (Å²) < 4.78 is 25.7. The zero-order chi connectivity index (χ0) is 37.9. The van der Waals surface area contributed by atoms with Gasteiger partial charge in [0.05, 0.1) is 13.1 Å². The van der Waals surface area contributed by atoms with E-state index < -0.39 is 65.1 Å². The van der Waals surface area contributed by atoms with Gasteiger partial charge in [0.1, 0.15) is 35.1 Å². The molecule has 5 atom stereocenters. The first-order chi connectivity index (χ1) is 25.2. The van der Waals surface area contributed by atoms with Crippen LogP contribution in [0.25, 0.3) is 0 Å². The van der Waals surface area contributed by atoms with Crippen molar-refractivity contribution in [1.82, 2.24) is 25.9 Å². The van der Waals surface area contributed by atoms with Crippen molar-refractivity contribution in [1.29, 1.82) is 0 Å². The fraction of sp³-hybridized carbons (Fsp3) is 0.500. The molecule has 4 aliphatic rings. The number of allylic oxidation sites excluding steroid dienone is 1. The number of hydrogen-bond donors (Lipinski definition) is 3. The summed E-state index contributed by atoms with van der Waals surface area (Å²) in [7, 11) is 0. The molecule has 0 radical (unpaired) electrons. The van der Waals surface area contributed by atoms with Crippen molar-refractivity contribution in [2.75, 3.05) is 6.54 Å². The lowest BCUT2D eigenvalue weighted by Gasteiger charge is -2.30. The molecule has 0 spiro atoms. The predicted molar refractivity (Wildman–Crippen MR) is 191 cm³/mol. The molecule has 284 valence electrons. The predicted octanol–water partition coefficient (Wildman–Crippen LogP) is 5.30. The fourth-order valence-electron chi connectivity index (χ4n) is 7.04. The highest BCUT2D eigenvalue weighted by Crippen LogP contribution is 2.45. The second kappa shape index (κ2) is 15.6. The fourth-order valence-corrected chi connectivity index (χ4v) is 7.17. The average Bonchev–Trinajstić information content (AvgIpc) is 3.39. The lowest BCUT2D eigenvalue weighted by molar-refractivity contribution is -0.142. The van der Waals surface area contributed by atoms with Gasteiger partial charge in [0, 0.05) is 29.5 Å². The van der Waals surface area contributed by atoms with Gasteiger partial charge in [0.2, 0.25) is 11.8 Å². The number of nitrogens with one attached hydrogen (secondary N) is 3. The first kappa shape index (κ1) is 37.9. The number of carbonyl (C=O) groups excluding carboxylic acids is 5. The molecule has 1 saturated carbocycles. The van der Waals surface area contributed by atoms with Crippen LogP contribution in [0.2, 0.25) is 5.02 Å². The van der Waals surface area contributed by atoms with E-state index in [-0.39, 0.29) is 38.4 Å². The van der Waals surface area contributed by atoms with Gasteiger partial charge in [-0.25, -0.2) is 14.0 Å². The van der Waals surface area contributed by atoms with Gasteiger partial charge in [0.25, 0.3) is 5.91 Å². The van der Waals surface area contributed by atoms with Crippen molar-refractivity contribution in [3.8, 4) is 5.75 Å². The van der Waals surface area contributed by atoms with Gasteiger partial charge < -0.3 is 29.8 Å². The Morgan fingerprint density at radius 2 is 1.81 bits per heavy atom. The molecule has 1 saturated heterocycles. The number of fused-ring (bicyclic) bond motifs is 3. The third kappa shape index (κ3) is 9.03. The van der Waals surface area contributed by atoms with E-state index in [2.05, 4.69) is 16.1 Å². The van der Waals surface area contributed by atoms with E-state index in [4.69, 9.17) is 25.9 Å². The summed E-state index contributed by atoms with van der Waals surface area (Å²) in [6, 6.07) is 8.84. The van der Waals surface area contributed by atoms with Gasteiger partial charge >= 0.3 is 12.2 Å². The second-order valence-electron chi connectivity index (χ2n) is 15.0. The molecular weight excluding hydrogens is 709 g/mol. The van der Waals surface area contributed by atoms with Crippen LogP contribution in [0.4, 0.5) is 14.0 Å². The Bertz CT molecular complexity index is 1770. The molecule has 2 aromatic rings. The number of hydroxylamine groups is 1. The zero-order valence-corrected chi connectivity index (χ0v) is 30.7. The van der Waals surface area contributed by atoms with E-state index in [1.165, 1.54) is 15.9 Å². The third-order valence-corrected chi connectivity index (χ3v) is 10.1. The van der Waals surface area contributed by atoms with Crippen LogP contribution in [0.5, 0.6) is 5.75 Å². The average molecular weight is 754 g/mol. The summed E-state index contributed by atoms with van der Waals surface area (Å²) in [6.45, 7) is 5.16. The summed E-state index contributed by atoms with van der Waals surface area (Å²) in [5.41, 5.74) is 1.34. The topological polar surface area (TPSA) is 156 Å². The minimum absolute atomic E-state index is 0.0205. The summed E-state index contributed by atoms with van der Waals surface area (Å²) >= 11 is 5.97. The van der Waals surface area contributed by atoms with Crippen molar-refractivity contribution in [2.45, 2.75) is 108 Å². The van der Waals surface area contributed by atoms with Crippen molar-refractivity contribution in [2.24, 2.45) is 5.92 Å². The van der Waals surface area contributed by atoms with Crippen LogP contribution < -0.4 is 21.0 Å². The molecule has 3 aliphatic heterocycles. The number of hydrogen-bond acceptors (Lipinski definition) is 8. The van der Waals surface area contributed by atoms with Gasteiger partial charge in [0.15, 0.2) is 5.75 Å². The van der Waals surface area contributed by atoms with Crippen LogP contribution in [0, 0.1) is 11.7 Å². The van der Waals surface area contributed by atoms with Crippen molar-refractivity contribution >= 4 is 41.5 Å². The van der Waals surface area contributed by atoms with Crippen LogP contribution in [0.15, 0.2) is 54.6 Å². The number of rotatable bonds is 5. The molecule has 3 N–H and O–H groups in total. The standard InChI is InChI=1S/C38H45ClFN5O8/c1-37(2,3)52-35(49)41-30-13-8-6-4-5-7-11-24-19-38(24,34(48)43-53-26-16-14-25(39)15-17-26)42-32(46)31-18-27(21-45(31)33(30)47)51-36(50)44-20-23-10-9-12-29(40)28(23)22-44/h7,9-12,14-17,24,27,30-31H,4-6,8,13,18-22H2,1-3H3,(H,41,49)(H,42,46)(H,43,48)/b11-7-/t24-,27+,30-,31-,38+/m0/s1. The van der Waals surface area contributed by atoms with Crippen molar-refractivity contribution < 1.29 is 42.7 Å². The van der Waals surface area contributed by atoms with E-state index in [0.29, 0.717) is 34.7 Å². The Kier molecular flexibility index (Phi) is 11.2. The molecule has 2 aromatic carbocycles.